The molecule has 0 saturated heterocycles. The maximum Gasteiger partial charge on any atom is 0.224 e. The van der Waals surface area contributed by atoms with E-state index < -0.39 is 0 Å². The quantitative estimate of drug-likeness (QED) is 0.346. The predicted molar refractivity (Wildman–Crippen MR) is 85.7 cm³/mol. The van der Waals surface area contributed by atoms with Gasteiger partial charge in [-0.05, 0) is 25.1 Å². The van der Waals surface area contributed by atoms with Crippen molar-refractivity contribution in [3.05, 3.63) is 77.8 Å². The summed E-state index contributed by atoms with van der Waals surface area (Å²) in [6.07, 6.45) is 4.81. The van der Waals surface area contributed by atoms with Crippen molar-refractivity contribution in [1.29, 1.82) is 0 Å². The number of hydrogen-bond acceptors (Lipinski definition) is 5. The van der Waals surface area contributed by atoms with Crippen molar-refractivity contribution >= 4 is 5.84 Å². The third-order valence-corrected chi connectivity index (χ3v) is 3.48. The molecule has 0 saturated carbocycles. The van der Waals surface area contributed by atoms with Crippen molar-refractivity contribution in [1.82, 2.24) is 14.5 Å². The van der Waals surface area contributed by atoms with Crippen LogP contribution in [0.15, 0.2) is 60.1 Å². The van der Waals surface area contributed by atoms with Crippen LogP contribution in [0.3, 0.4) is 0 Å². The van der Waals surface area contributed by atoms with Crippen LogP contribution >= 0.6 is 0 Å². The van der Waals surface area contributed by atoms with Crippen LogP contribution in [0.4, 0.5) is 4.39 Å². The summed E-state index contributed by atoms with van der Waals surface area (Å²) in [5, 5.41) is 12.8. The van der Waals surface area contributed by atoms with Crippen LogP contribution in [0, 0.1) is 12.7 Å². The maximum atomic E-state index is 13.7. The van der Waals surface area contributed by atoms with Gasteiger partial charge in [0.2, 0.25) is 5.88 Å². The van der Waals surface area contributed by atoms with Gasteiger partial charge in [0, 0.05) is 24.2 Å². The van der Waals surface area contributed by atoms with Gasteiger partial charge in [0.15, 0.2) is 5.84 Å². The lowest BCUT2D eigenvalue weighted by molar-refractivity contribution is 0.286. The molecule has 6 nitrogen and oxygen atoms in total. The van der Waals surface area contributed by atoms with E-state index in [-0.39, 0.29) is 24.1 Å². The highest BCUT2D eigenvalue weighted by Gasteiger charge is 2.16. The smallest absolute Gasteiger partial charge is 0.224 e. The third-order valence-electron chi connectivity index (χ3n) is 3.48. The number of rotatable bonds is 4. The van der Waals surface area contributed by atoms with E-state index in [1.165, 1.54) is 6.07 Å². The summed E-state index contributed by atoms with van der Waals surface area (Å²) in [6, 6.07) is 9.76. The Bertz CT molecular complexity index is 876. The number of oxime groups is 1. The van der Waals surface area contributed by atoms with Gasteiger partial charge < -0.3 is 9.94 Å². The zero-order valence-corrected chi connectivity index (χ0v) is 12.9. The van der Waals surface area contributed by atoms with Gasteiger partial charge >= 0.3 is 0 Å². The van der Waals surface area contributed by atoms with Crippen molar-refractivity contribution in [2.45, 2.75) is 13.5 Å². The summed E-state index contributed by atoms with van der Waals surface area (Å²) in [6.45, 7) is 1.79. The lowest BCUT2D eigenvalue weighted by Crippen LogP contribution is -2.16. The first-order chi connectivity index (χ1) is 11.7. The number of benzene rings is 1. The highest BCUT2D eigenvalue weighted by molar-refractivity contribution is 6.02. The Kier molecular flexibility index (Phi) is 4.51. The molecule has 0 amide bonds. The highest BCUT2D eigenvalue weighted by Crippen LogP contribution is 2.19. The largest absolute Gasteiger partial charge is 0.472 e. The Hall–Kier alpha value is -3.22. The Labute approximate surface area is 137 Å². The van der Waals surface area contributed by atoms with Gasteiger partial charge in [0.1, 0.15) is 18.2 Å². The zero-order valence-electron chi connectivity index (χ0n) is 12.9. The molecule has 0 radical (unpaired) electrons. The van der Waals surface area contributed by atoms with Crippen molar-refractivity contribution in [2.24, 2.45) is 5.16 Å². The van der Waals surface area contributed by atoms with Crippen LogP contribution in [0.1, 0.15) is 17.0 Å². The second-order valence-corrected chi connectivity index (χ2v) is 5.00. The monoisotopic (exact) mass is 326 g/mol. The molecule has 0 aliphatic rings. The molecule has 0 aliphatic heterocycles. The predicted octanol–water partition coefficient (Wildman–Crippen LogP) is 2.99. The number of nitrogens with zero attached hydrogens (tertiary/aromatic N) is 4. The molecule has 2 heterocycles. The van der Waals surface area contributed by atoms with E-state index in [4.69, 9.17) is 4.74 Å². The third kappa shape index (κ3) is 3.10. The van der Waals surface area contributed by atoms with E-state index in [2.05, 4.69) is 15.1 Å². The molecule has 122 valence electrons. The molecule has 0 bridgehead atoms. The van der Waals surface area contributed by atoms with Crippen LogP contribution in [0.5, 0.6) is 5.88 Å². The van der Waals surface area contributed by atoms with Crippen LogP contribution < -0.4 is 4.74 Å². The fourth-order valence-corrected chi connectivity index (χ4v) is 2.27. The summed E-state index contributed by atoms with van der Waals surface area (Å²) in [4.78, 5) is 8.27. The number of aryl methyl sites for hydroxylation is 1. The van der Waals surface area contributed by atoms with Crippen LogP contribution in [0.25, 0.3) is 0 Å². The van der Waals surface area contributed by atoms with Crippen LogP contribution in [0.2, 0.25) is 0 Å². The Balaban J connectivity index is 1.91. The van der Waals surface area contributed by atoms with Gasteiger partial charge in [0.05, 0.1) is 5.56 Å². The second kappa shape index (κ2) is 6.91. The lowest BCUT2D eigenvalue weighted by atomic mass is 10.2. The average Bonchev–Trinajstić information content (AvgIpc) is 3.02. The number of pyridine rings is 1. The van der Waals surface area contributed by atoms with Gasteiger partial charge in [-0.1, -0.05) is 23.4 Å². The van der Waals surface area contributed by atoms with E-state index in [1.807, 2.05) is 0 Å². The lowest BCUT2D eigenvalue weighted by Gasteiger charge is -2.13. The van der Waals surface area contributed by atoms with Crippen molar-refractivity contribution in [3.8, 4) is 5.88 Å². The minimum atomic E-state index is -0.350. The number of hydrogen-bond donors (Lipinski definition) is 1. The molecule has 0 aliphatic carbocycles. The zero-order chi connectivity index (χ0) is 16.9. The normalized spacial score (nSPS) is 11.5. The molecule has 7 heteroatoms. The first kappa shape index (κ1) is 15.7. The molecule has 24 heavy (non-hydrogen) atoms. The first-order valence-corrected chi connectivity index (χ1v) is 7.24. The minimum absolute atomic E-state index is 0.0122. The molecule has 0 atom stereocenters. The van der Waals surface area contributed by atoms with Gasteiger partial charge in [-0.25, -0.2) is 14.4 Å². The van der Waals surface area contributed by atoms with E-state index in [9.17, 15) is 9.60 Å². The molecule has 1 N–H and O–H groups in total. The van der Waals surface area contributed by atoms with Crippen LogP contribution in [-0.4, -0.2) is 25.6 Å². The first-order valence-electron chi connectivity index (χ1n) is 7.24. The molecule has 1 aromatic carbocycles. The van der Waals surface area contributed by atoms with Crippen molar-refractivity contribution in [2.75, 3.05) is 0 Å². The topological polar surface area (TPSA) is 72.5 Å². The molecule has 2 aromatic heterocycles. The summed E-state index contributed by atoms with van der Waals surface area (Å²) in [5.74, 6) is 0.756. The SMILES string of the molecule is Cc1nccn1/C(=N\O)c1cccnc1OCc1ccccc1F. The number of imidazole rings is 1. The van der Waals surface area contributed by atoms with E-state index >= 15 is 0 Å². The van der Waals surface area contributed by atoms with Gasteiger partial charge in [0.25, 0.3) is 0 Å². The minimum Gasteiger partial charge on any atom is -0.472 e. The average molecular weight is 326 g/mol. The molecule has 0 fully saturated rings. The molecule has 0 unspecified atom stereocenters. The van der Waals surface area contributed by atoms with E-state index in [0.717, 1.165) is 0 Å². The maximum absolute atomic E-state index is 13.7. The number of aromatic nitrogens is 3. The summed E-state index contributed by atoms with van der Waals surface area (Å²) < 4.78 is 21.0. The van der Waals surface area contributed by atoms with Gasteiger partial charge in [-0.2, -0.15) is 0 Å². The Morgan fingerprint density at radius 3 is 2.75 bits per heavy atom. The van der Waals surface area contributed by atoms with E-state index in [0.29, 0.717) is 17.0 Å². The number of ether oxygens (including phenoxy) is 1. The fourth-order valence-electron chi connectivity index (χ4n) is 2.27. The van der Waals surface area contributed by atoms with Crippen molar-refractivity contribution in [3.63, 3.8) is 0 Å². The van der Waals surface area contributed by atoms with Gasteiger partial charge in [-0.15, -0.1) is 0 Å². The van der Waals surface area contributed by atoms with Gasteiger partial charge in [-0.3, -0.25) is 4.57 Å². The Morgan fingerprint density at radius 2 is 2.04 bits per heavy atom. The Morgan fingerprint density at radius 1 is 1.21 bits per heavy atom. The van der Waals surface area contributed by atoms with E-state index in [1.54, 1.807) is 60.4 Å². The van der Waals surface area contributed by atoms with Crippen molar-refractivity contribution < 1.29 is 14.3 Å². The number of halogens is 1. The summed E-state index contributed by atoms with van der Waals surface area (Å²) >= 11 is 0. The molecule has 3 aromatic rings. The molecular formula is C17H15FN4O2. The second-order valence-electron chi connectivity index (χ2n) is 5.00. The summed E-state index contributed by atoms with van der Waals surface area (Å²) in [5.41, 5.74) is 0.882. The summed E-state index contributed by atoms with van der Waals surface area (Å²) in [7, 11) is 0. The van der Waals surface area contributed by atoms with Crippen LogP contribution in [-0.2, 0) is 6.61 Å². The molecular weight excluding hydrogens is 311 g/mol. The fraction of sp³-hybridized carbons (Fsp3) is 0.118. The molecule has 3 rings (SSSR count). The highest BCUT2D eigenvalue weighted by atomic mass is 19.1. The standard InChI is InChI=1S/C17H15FN4O2/c1-12-19-9-10-22(12)16(21-23)14-6-4-8-20-17(14)24-11-13-5-2-3-7-15(13)18/h2-10,23H,11H2,1H3/b21-16-. The molecule has 0 spiro atoms.